The van der Waals surface area contributed by atoms with Crippen LogP contribution in [0.2, 0.25) is 0 Å². The molecule has 2 aromatic heterocycles. The van der Waals surface area contributed by atoms with Gasteiger partial charge in [-0.3, -0.25) is 9.97 Å². The van der Waals surface area contributed by atoms with E-state index in [-0.39, 0.29) is 0 Å². The third-order valence-corrected chi connectivity index (χ3v) is 9.02. The summed E-state index contributed by atoms with van der Waals surface area (Å²) in [6.07, 6.45) is 23.2. The predicted molar refractivity (Wildman–Crippen MR) is 186 cm³/mol. The highest BCUT2D eigenvalue weighted by Gasteiger charge is 2.20. The maximum absolute atomic E-state index is 4.25. The Morgan fingerprint density at radius 2 is 1.18 bits per heavy atom. The molecule has 2 aliphatic carbocycles. The van der Waals surface area contributed by atoms with Crippen molar-refractivity contribution in [2.45, 2.75) is 25.7 Å². The molecule has 0 fully saturated rings. The Hall–Kier alpha value is -5.34. The number of fused-ring (bicyclic) bond motifs is 2. The minimum absolute atomic E-state index is 1.02. The molecule has 0 saturated heterocycles. The second kappa shape index (κ2) is 11.4. The lowest BCUT2D eigenvalue weighted by molar-refractivity contribution is 1.05. The number of pyridine rings is 2. The topological polar surface area (TPSA) is 25.8 Å². The highest BCUT2D eigenvalue weighted by molar-refractivity contribution is 6.19. The minimum atomic E-state index is 1.02. The molecule has 2 nitrogen and oxygen atoms in total. The number of rotatable bonds is 5. The Labute approximate surface area is 258 Å². The second-order valence-corrected chi connectivity index (χ2v) is 11.6. The van der Waals surface area contributed by atoms with Crippen molar-refractivity contribution in [1.82, 2.24) is 9.97 Å². The number of hydrogen-bond donors (Lipinski definition) is 0. The van der Waals surface area contributed by atoms with E-state index in [1.807, 2.05) is 24.8 Å². The molecule has 210 valence electrons. The normalized spacial score (nSPS) is 14.8. The molecule has 0 aliphatic heterocycles. The van der Waals surface area contributed by atoms with Crippen LogP contribution in [0.5, 0.6) is 0 Å². The van der Waals surface area contributed by atoms with Crippen molar-refractivity contribution in [3.8, 4) is 22.3 Å². The summed E-state index contributed by atoms with van der Waals surface area (Å²) in [5.74, 6) is 0. The molecule has 0 radical (unpaired) electrons. The van der Waals surface area contributed by atoms with Gasteiger partial charge in [-0.25, -0.2) is 0 Å². The zero-order valence-electron chi connectivity index (χ0n) is 24.6. The quantitative estimate of drug-likeness (QED) is 0.195. The van der Waals surface area contributed by atoms with Gasteiger partial charge in [-0.2, -0.15) is 0 Å². The first kappa shape index (κ1) is 26.3. The lowest BCUT2D eigenvalue weighted by atomic mass is 9.81. The highest BCUT2D eigenvalue weighted by atomic mass is 14.6. The molecule has 8 rings (SSSR count). The first-order valence-electron chi connectivity index (χ1n) is 15.5. The zero-order valence-corrected chi connectivity index (χ0v) is 24.6. The van der Waals surface area contributed by atoms with Crippen molar-refractivity contribution < 1.29 is 0 Å². The molecule has 0 saturated carbocycles. The fraction of sp³-hybridized carbons (Fsp3) is 0.0952. The van der Waals surface area contributed by atoms with Gasteiger partial charge in [0, 0.05) is 24.8 Å². The van der Waals surface area contributed by atoms with Crippen molar-refractivity contribution in [1.29, 1.82) is 0 Å². The highest BCUT2D eigenvalue weighted by Crippen LogP contribution is 2.45. The first-order valence-corrected chi connectivity index (χ1v) is 15.5. The van der Waals surface area contributed by atoms with E-state index in [2.05, 4.69) is 131 Å². The molecule has 2 heterocycles. The van der Waals surface area contributed by atoms with Crippen LogP contribution >= 0.6 is 0 Å². The van der Waals surface area contributed by atoms with Crippen LogP contribution in [0.15, 0.2) is 146 Å². The molecule has 0 atom stereocenters. The van der Waals surface area contributed by atoms with Crippen LogP contribution in [0.3, 0.4) is 0 Å². The van der Waals surface area contributed by atoms with Crippen LogP contribution in [0.4, 0.5) is 0 Å². The maximum atomic E-state index is 4.25. The fourth-order valence-corrected chi connectivity index (χ4v) is 6.92. The fourth-order valence-electron chi connectivity index (χ4n) is 6.92. The zero-order chi connectivity index (χ0) is 29.3. The second-order valence-electron chi connectivity index (χ2n) is 11.6. The van der Waals surface area contributed by atoms with Gasteiger partial charge in [0.2, 0.25) is 0 Å². The first-order chi connectivity index (χ1) is 21.8. The Morgan fingerprint density at radius 1 is 0.477 bits per heavy atom. The van der Waals surface area contributed by atoms with Gasteiger partial charge in [0.1, 0.15) is 0 Å². The van der Waals surface area contributed by atoms with Crippen LogP contribution in [-0.4, -0.2) is 9.97 Å². The van der Waals surface area contributed by atoms with Gasteiger partial charge in [0.25, 0.3) is 0 Å². The summed E-state index contributed by atoms with van der Waals surface area (Å²) in [4.78, 5) is 8.49. The van der Waals surface area contributed by atoms with Crippen LogP contribution in [-0.2, 0) is 0 Å². The number of aromatic nitrogens is 2. The number of allylic oxidation sites excluding steroid dienone is 8. The Balaban J connectivity index is 1.42. The van der Waals surface area contributed by atoms with Gasteiger partial charge in [0.05, 0.1) is 0 Å². The van der Waals surface area contributed by atoms with E-state index in [0.717, 1.165) is 25.7 Å². The molecule has 0 amide bonds. The maximum Gasteiger partial charge on any atom is 0.0273 e. The summed E-state index contributed by atoms with van der Waals surface area (Å²) in [5, 5.41) is 5.21. The predicted octanol–water partition coefficient (Wildman–Crippen LogP) is 11.1. The summed E-state index contributed by atoms with van der Waals surface area (Å²) in [7, 11) is 0. The molecule has 0 bridgehead atoms. The molecular formula is C42H32N2. The molecule has 0 N–H and O–H groups in total. The van der Waals surface area contributed by atoms with Gasteiger partial charge in [-0.05, 0) is 139 Å². The largest absolute Gasteiger partial charge is 0.265 e. The Bertz CT molecular complexity index is 2150. The lowest BCUT2D eigenvalue weighted by Crippen LogP contribution is -1.98. The number of benzene rings is 4. The van der Waals surface area contributed by atoms with E-state index in [1.165, 1.54) is 77.2 Å². The summed E-state index contributed by atoms with van der Waals surface area (Å²) < 4.78 is 0. The summed E-state index contributed by atoms with van der Waals surface area (Å²) in [6.45, 7) is 0. The van der Waals surface area contributed by atoms with Gasteiger partial charge in [-0.1, -0.05) is 85.0 Å². The molecule has 4 aromatic carbocycles. The van der Waals surface area contributed by atoms with Crippen LogP contribution in [0.25, 0.3) is 60.5 Å². The van der Waals surface area contributed by atoms with Gasteiger partial charge < -0.3 is 0 Å². The van der Waals surface area contributed by atoms with E-state index >= 15 is 0 Å². The van der Waals surface area contributed by atoms with Crippen LogP contribution < -0.4 is 0 Å². The smallest absolute Gasteiger partial charge is 0.0273 e. The average Bonchev–Trinajstić information content (AvgIpc) is 3.11. The van der Waals surface area contributed by atoms with Crippen molar-refractivity contribution in [2.75, 3.05) is 0 Å². The molecule has 6 aromatic rings. The third-order valence-electron chi connectivity index (χ3n) is 9.02. The number of hydrogen-bond acceptors (Lipinski definition) is 2. The van der Waals surface area contributed by atoms with Crippen molar-refractivity contribution in [3.63, 3.8) is 0 Å². The van der Waals surface area contributed by atoms with Crippen molar-refractivity contribution >= 4 is 38.3 Å². The standard InChI is InChI=1S/C42H32N2/c1-2-8-29(9-3-1)34-16-17-39-40(28-34)42(36-13-7-11-33(27-36)31-20-24-44-25-21-31)38-15-5-4-14-37(38)41(39)35-12-6-10-32(26-35)30-18-22-43-23-19-30/h1-2,4-5,7-8,10-11,13-28H,3,6,9,12H2. The molecule has 0 unspecified atom stereocenters. The molecule has 2 heteroatoms. The Kier molecular flexibility index (Phi) is 6.81. The molecule has 0 spiro atoms. The van der Waals surface area contributed by atoms with Gasteiger partial charge >= 0.3 is 0 Å². The SMILES string of the molecule is C1=CCCC(c2ccc3c(C4=CC(c5ccncc5)=CCC4)c4ccccc4c(-c4cccc(-c5ccncc5)c4)c3c2)=C1. The third kappa shape index (κ3) is 4.79. The number of nitrogens with zero attached hydrogens (tertiary/aromatic N) is 2. The van der Waals surface area contributed by atoms with E-state index < -0.39 is 0 Å². The van der Waals surface area contributed by atoms with Crippen LogP contribution in [0, 0.1) is 0 Å². The monoisotopic (exact) mass is 564 g/mol. The van der Waals surface area contributed by atoms with E-state index in [0.29, 0.717) is 0 Å². The van der Waals surface area contributed by atoms with Gasteiger partial charge in [-0.15, -0.1) is 0 Å². The van der Waals surface area contributed by atoms with E-state index in [9.17, 15) is 0 Å². The van der Waals surface area contributed by atoms with Crippen molar-refractivity contribution in [3.05, 3.63) is 163 Å². The van der Waals surface area contributed by atoms with Gasteiger partial charge in [0.15, 0.2) is 0 Å². The molecule has 44 heavy (non-hydrogen) atoms. The Morgan fingerprint density at radius 3 is 1.95 bits per heavy atom. The molecular weight excluding hydrogens is 532 g/mol. The lowest BCUT2D eigenvalue weighted by Gasteiger charge is -2.22. The average molecular weight is 565 g/mol. The summed E-state index contributed by atoms with van der Waals surface area (Å²) in [5.41, 5.74) is 12.9. The summed E-state index contributed by atoms with van der Waals surface area (Å²) in [6, 6.07) is 33.6. The van der Waals surface area contributed by atoms with Crippen molar-refractivity contribution in [2.24, 2.45) is 0 Å². The van der Waals surface area contributed by atoms with E-state index in [1.54, 1.807) is 0 Å². The summed E-state index contributed by atoms with van der Waals surface area (Å²) >= 11 is 0. The van der Waals surface area contributed by atoms with Crippen LogP contribution in [0.1, 0.15) is 42.4 Å². The molecule has 2 aliphatic rings. The van der Waals surface area contributed by atoms with E-state index in [4.69, 9.17) is 0 Å². The minimum Gasteiger partial charge on any atom is -0.265 e.